The molecule has 32 heavy (non-hydrogen) atoms. The Morgan fingerprint density at radius 2 is 1.53 bits per heavy atom. The van der Waals surface area contributed by atoms with Gasteiger partial charge in [0.1, 0.15) is 18.1 Å². The van der Waals surface area contributed by atoms with E-state index >= 15 is 0 Å². The summed E-state index contributed by atoms with van der Waals surface area (Å²) >= 11 is 0. The summed E-state index contributed by atoms with van der Waals surface area (Å²) in [6.45, 7) is 1.25. The zero-order valence-corrected chi connectivity index (χ0v) is 18.3. The van der Waals surface area contributed by atoms with Crippen LogP contribution >= 0.6 is 0 Å². The van der Waals surface area contributed by atoms with E-state index < -0.39 is 54.5 Å². The number of carboxylic acid groups (broad SMARTS) is 1. The zero-order valence-electron chi connectivity index (χ0n) is 18.3. The van der Waals surface area contributed by atoms with E-state index in [1.165, 1.54) is 6.92 Å². The van der Waals surface area contributed by atoms with Gasteiger partial charge in [-0.1, -0.05) is 0 Å². The van der Waals surface area contributed by atoms with E-state index in [0.717, 1.165) is 0 Å². The van der Waals surface area contributed by atoms with Crippen molar-refractivity contribution >= 4 is 29.7 Å². The second-order valence-corrected chi connectivity index (χ2v) is 7.21. The minimum atomic E-state index is -1.50. The summed E-state index contributed by atoms with van der Waals surface area (Å²) in [5, 5.41) is 25.0. The molecule has 0 aliphatic rings. The third-order valence-corrected chi connectivity index (χ3v) is 4.43. The molecule has 0 saturated carbocycles. The molecular weight excluding hydrogens is 424 g/mol. The van der Waals surface area contributed by atoms with Gasteiger partial charge in [0.15, 0.2) is 5.96 Å². The Hall–Kier alpha value is -2.97. The lowest BCUT2D eigenvalue weighted by atomic mass is 10.1. The fourth-order valence-electron chi connectivity index (χ4n) is 2.55. The van der Waals surface area contributed by atoms with Crippen LogP contribution in [0.15, 0.2) is 4.99 Å². The van der Waals surface area contributed by atoms with Crippen molar-refractivity contribution in [3.8, 4) is 0 Å². The molecule has 0 aromatic rings. The fraction of sp³-hybridized carbons (Fsp3) is 0.722. The number of nitrogens with two attached hydrogens (primary N) is 4. The number of rotatable bonds is 16. The largest absolute Gasteiger partial charge is 0.480 e. The van der Waals surface area contributed by atoms with Crippen LogP contribution in [0.2, 0.25) is 0 Å². The second-order valence-electron chi connectivity index (χ2n) is 7.21. The molecule has 0 aliphatic heterocycles. The molecule has 0 radical (unpaired) electrons. The number of aliphatic hydroxyl groups excluding tert-OH is 1. The molecule has 13 N–H and O–H groups in total. The van der Waals surface area contributed by atoms with Crippen molar-refractivity contribution in [2.75, 3.05) is 19.7 Å². The summed E-state index contributed by atoms with van der Waals surface area (Å²) in [6.07, 6.45) is 2.18. The number of unbranched alkanes of at least 4 members (excludes halogenated alkanes) is 1. The molecule has 0 rings (SSSR count). The SMILES string of the molecule is CC(NC(=O)C(CCCCN)NC(=O)C(N)CCCN=C(N)N)C(=O)NC(CO)C(=O)O. The maximum atomic E-state index is 12.6. The number of amides is 3. The van der Waals surface area contributed by atoms with Crippen molar-refractivity contribution in [3.63, 3.8) is 0 Å². The van der Waals surface area contributed by atoms with Crippen LogP contribution in [-0.4, -0.2) is 83.7 Å². The molecule has 0 heterocycles. The lowest BCUT2D eigenvalue weighted by Crippen LogP contribution is -2.56. The van der Waals surface area contributed by atoms with E-state index in [9.17, 15) is 19.2 Å². The quantitative estimate of drug-likeness (QED) is 0.0612. The molecule has 14 heteroatoms. The Balaban J connectivity index is 4.94. The van der Waals surface area contributed by atoms with Gasteiger partial charge < -0.3 is 49.1 Å². The summed E-state index contributed by atoms with van der Waals surface area (Å²) < 4.78 is 0. The summed E-state index contributed by atoms with van der Waals surface area (Å²) in [4.78, 5) is 51.9. The van der Waals surface area contributed by atoms with Crippen LogP contribution in [0.25, 0.3) is 0 Å². The number of carbonyl (C=O) groups is 4. The van der Waals surface area contributed by atoms with Crippen molar-refractivity contribution in [3.05, 3.63) is 0 Å². The number of carbonyl (C=O) groups excluding carboxylic acids is 3. The Kier molecular flexibility index (Phi) is 14.3. The average Bonchev–Trinajstić information content (AvgIpc) is 2.73. The number of aliphatic imine (C=N–C) groups is 1. The third kappa shape index (κ3) is 12.0. The number of aliphatic carboxylic acids is 1. The molecule has 184 valence electrons. The number of nitrogens with zero attached hydrogens (tertiary/aromatic N) is 1. The summed E-state index contributed by atoms with van der Waals surface area (Å²) in [5.74, 6) is -3.47. The Labute approximate surface area is 186 Å². The molecule has 0 spiro atoms. The fourth-order valence-corrected chi connectivity index (χ4v) is 2.55. The Bertz CT molecular complexity index is 655. The second kappa shape index (κ2) is 15.8. The van der Waals surface area contributed by atoms with Gasteiger partial charge in [-0.15, -0.1) is 0 Å². The van der Waals surface area contributed by atoms with Gasteiger partial charge in [-0.2, -0.15) is 0 Å². The lowest BCUT2D eigenvalue weighted by molar-refractivity contribution is -0.143. The standard InChI is InChI=1S/C18H36N8O6/c1-10(14(28)26-13(9-27)17(31)32)24-16(30)12(6-2-3-7-19)25-15(29)11(20)5-4-8-23-18(21)22/h10-13,27H,2-9,19-20H2,1H3,(H,24,30)(H,25,29)(H,26,28)(H,31,32)(H4,21,22,23). The summed E-state index contributed by atoms with van der Waals surface area (Å²) in [6, 6.07) is -4.48. The minimum Gasteiger partial charge on any atom is -0.480 e. The normalized spacial score (nSPS) is 14.4. The molecule has 0 fully saturated rings. The van der Waals surface area contributed by atoms with Crippen LogP contribution in [0.4, 0.5) is 0 Å². The van der Waals surface area contributed by atoms with Gasteiger partial charge in [0, 0.05) is 6.54 Å². The van der Waals surface area contributed by atoms with E-state index in [0.29, 0.717) is 32.4 Å². The van der Waals surface area contributed by atoms with Crippen LogP contribution < -0.4 is 38.9 Å². The van der Waals surface area contributed by atoms with Crippen molar-refractivity contribution in [2.24, 2.45) is 27.9 Å². The molecule has 0 saturated heterocycles. The lowest BCUT2D eigenvalue weighted by Gasteiger charge is -2.23. The van der Waals surface area contributed by atoms with Crippen molar-refractivity contribution in [1.82, 2.24) is 16.0 Å². The van der Waals surface area contributed by atoms with Crippen molar-refractivity contribution < 1.29 is 29.4 Å². The zero-order chi connectivity index (χ0) is 24.7. The van der Waals surface area contributed by atoms with Crippen molar-refractivity contribution in [1.29, 1.82) is 0 Å². The highest BCUT2D eigenvalue weighted by Crippen LogP contribution is 2.04. The summed E-state index contributed by atoms with van der Waals surface area (Å²) in [7, 11) is 0. The maximum Gasteiger partial charge on any atom is 0.328 e. The monoisotopic (exact) mass is 460 g/mol. The van der Waals surface area contributed by atoms with Crippen molar-refractivity contribution in [2.45, 2.75) is 63.2 Å². The molecule has 0 aromatic carbocycles. The first-order chi connectivity index (χ1) is 15.0. The minimum absolute atomic E-state index is 0.0634. The first kappa shape index (κ1) is 29.0. The molecule has 4 unspecified atom stereocenters. The first-order valence-electron chi connectivity index (χ1n) is 10.3. The van der Waals surface area contributed by atoms with Gasteiger partial charge in [0.25, 0.3) is 0 Å². The number of hydrogen-bond acceptors (Lipinski definition) is 8. The van der Waals surface area contributed by atoms with Gasteiger partial charge in [0.2, 0.25) is 17.7 Å². The number of hydrogen-bond donors (Lipinski definition) is 9. The van der Waals surface area contributed by atoms with Gasteiger partial charge >= 0.3 is 5.97 Å². The highest BCUT2D eigenvalue weighted by atomic mass is 16.4. The predicted octanol–water partition coefficient (Wildman–Crippen LogP) is -3.95. The predicted molar refractivity (Wildman–Crippen MR) is 117 cm³/mol. The van der Waals surface area contributed by atoms with Crippen LogP contribution in [0.1, 0.15) is 39.0 Å². The topological polar surface area (TPSA) is 261 Å². The van der Waals surface area contributed by atoms with E-state index in [-0.39, 0.29) is 18.8 Å². The molecule has 3 amide bonds. The summed E-state index contributed by atoms with van der Waals surface area (Å²) in [5.41, 5.74) is 21.8. The number of nitrogens with one attached hydrogen (secondary N) is 3. The van der Waals surface area contributed by atoms with Crippen LogP contribution in [0, 0.1) is 0 Å². The van der Waals surface area contributed by atoms with Crippen LogP contribution in [0.5, 0.6) is 0 Å². The number of carboxylic acids is 1. The molecule has 0 aliphatic carbocycles. The van der Waals surface area contributed by atoms with Gasteiger partial charge in [0.05, 0.1) is 12.6 Å². The van der Waals surface area contributed by atoms with E-state index in [1.54, 1.807) is 0 Å². The number of guanidine groups is 1. The molecule has 0 bridgehead atoms. The molecule has 14 nitrogen and oxygen atoms in total. The van der Waals surface area contributed by atoms with Gasteiger partial charge in [-0.3, -0.25) is 19.4 Å². The maximum absolute atomic E-state index is 12.6. The molecule has 0 aromatic heterocycles. The molecular formula is C18H36N8O6. The average molecular weight is 461 g/mol. The van der Waals surface area contributed by atoms with E-state index in [1.807, 2.05) is 0 Å². The highest BCUT2D eigenvalue weighted by Gasteiger charge is 2.27. The molecule has 4 atom stereocenters. The van der Waals surface area contributed by atoms with Crippen LogP contribution in [0.3, 0.4) is 0 Å². The third-order valence-electron chi connectivity index (χ3n) is 4.43. The Morgan fingerprint density at radius 1 is 0.906 bits per heavy atom. The number of aliphatic hydroxyl groups is 1. The smallest absolute Gasteiger partial charge is 0.328 e. The highest BCUT2D eigenvalue weighted by molar-refractivity contribution is 5.93. The van der Waals surface area contributed by atoms with Gasteiger partial charge in [-0.05, 0) is 45.6 Å². The van der Waals surface area contributed by atoms with Gasteiger partial charge in [-0.25, -0.2) is 4.79 Å². The van der Waals surface area contributed by atoms with E-state index in [4.69, 9.17) is 33.1 Å². The van der Waals surface area contributed by atoms with E-state index in [2.05, 4.69) is 20.9 Å². The van der Waals surface area contributed by atoms with Crippen LogP contribution in [-0.2, 0) is 19.2 Å². The first-order valence-corrected chi connectivity index (χ1v) is 10.3. The Morgan fingerprint density at radius 3 is 2.06 bits per heavy atom.